The van der Waals surface area contributed by atoms with E-state index >= 15 is 0 Å². The third-order valence-electron chi connectivity index (χ3n) is 1.04. The Kier molecular flexibility index (Phi) is 7.41. The largest absolute Gasteiger partial charge is 0.270 e. The van der Waals surface area contributed by atoms with Crippen LogP contribution in [0, 0.1) is 0 Å². The normalized spacial score (nSPS) is 11.8. The number of hydrogen-bond acceptors (Lipinski definition) is 5. The number of unbranched alkanes of at least 4 members (excludes halogenated alkanes) is 1. The molecule has 0 radical (unpaired) electrons. The molecule has 0 aromatic heterocycles. The molecule has 0 bridgehead atoms. The summed E-state index contributed by atoms with van der Waals surface area (Å²) in [6.45, 7) is 0.313. The number of hydrogen-bond donors (Lipinski definition) is 0. The Balaban J connectivity index is 3.12. The Morgan fingerprint density at radius 2 is 2.00 bits per heavy atom. The lowest BCUT2D eigenvalue weighted by atomic mass is 10.4. The fourth-order valence-corrected chi connectivity index (χ4v) is 2.32. The Morgan fingerprint density at radius 1 is 1.33 bits per heavy atom. The predicted octanol–water partition coefficient (Wildman–Crippen LogP) is 1.75. The van der Waals surface area contributed by atoms with Crippen molar-refractivity contribution in [3.05, 3.63) is 0 Å². The van der Waals surface area contributed by atoms with Crippen LogP contribution in [-0.4, -0.2) is 33.3 Å². The van der Waals surface area contributed by atoms with Crippen molar-refractivity contribution in [1.82, 2.24) is 0 Å². The van der Waals surface area contributed by atoms with Crippen LogP contribution in [0.3, 0.4) is 0 Å². The van der Waals surface area contributed by atoms with E-state index in [0.29, 0.717) is 6.61 Å². The van der Waals surface area contributed by atoms with Crippen LogP contribution in [-0.2, 0) is 14.3 Å². The quantitative estimate of drug-likeness (QED) is 0.379. The van der Waals surface area contributed by atoms with Gasteiger partial charge in [0.25, 0.3) is 10.1 Å². The van der Waals surface area contributed by atoms with Gasteiger partial charge in [-0.25, -0.2) is 0 Å². The van der Waals surface area contributed by atoms with Crippen LogP contribution < -0.4 is 0 Å². The van der Waals surface area contributed by atoms with Crippen LogP contribution in [0.1, 0.15) is 12.8 Å². The standard InChI is InChI=1S/C6H14O3S3/c1-10-11-6-4-3-5-9-12(2,7)8/h3-6H2,1-2H3. The van der Waals surface area contributed by atoms with Crippen LogP contribution in [0.4, 0.5) is 0 Å². The molecule has 6 heteroatoms. The van der Waals surface area contributed by atoms with Crippen molar-refractivity contribution in [2.24, 2.45) is 0 Å². The highest BCUT2D eigenvalue weighted by Gasteiger charge is 1.99. The maximum atomic E-state index is 10.5. The maximum Gasteiger partial charge on any atom is 0.264 e. The van der Waals surface area contributed by atoms with Crippen molar-refractivity contribution < 1.29 is 12.6 Å². The molecule has 0 aromatic rings. The molecule has 0 atom stereocenters. The van der Waals surface area contributed by atoms with Crippen LogP contribution >= 0.6 is 21.6 Å². The van der Waals surface area contributed by atoms with E-state index in [9.17, 15) is 8.42 Å². The van der Waals surface area contributed by atoms with Gasteiger partial charge in [0.05, 0.1) is 12.9 Å². The fourth-order valence-electron chi connectivity index (χ4n) is 0.557. The molecule has 3 nitrogen and oxygen atoms in total. The summed E-state index contributed by atoms with van der Waals surface area (Å²) in [7, 11) is 0.272. The van der Waals surface area contributed by atoms with Crippen molar-refractivity contribution in [2.75, 3.05) is 24.9 Å². The average molecular weight is 230 g/mol. The molecule has 0 aromatic carbocycles. The first-order valence-corrected chi connectivity index (χ1v) is 8.10. The average Bonchev–Trinajstić information content (AvgIpc) is 1.94. The molecule has 0 fully saturated rings. The second kappa shape index (κ2) is 7.06. The van der Waals surface area contributed by atoms with E-state index in [1.54, 1.807) is 21.6 Å². The first kappa shape index (κ1) is 12.6. The minimum atomic E-state index is -3.23. The van der Waals surface area contributed by atoms with E-state index in [0.717, 1.165) is 24.9 Å². The van der Waals surface area contributed by atoms with Crippen LogP contribution in [0.2, 0.25) is 0 Å². The van der Waals surface area contributed by atoms with E-state index in [2.05, 4.69) is 4.18 Å². The van der Waals surface area contributed by atoms with Gasteiger partial charge in [-0.3, -0.25) is 4.18 Å². The second-order valence-corrected chi connectivity index (χ2v) is 6.55. The minimum Gasteiger partial charge on any atom is -0.270 e. The molecule has 0 saturated heterocycles. The third-order valence-corrected chi connectivity index (χ3v) is 3.53. The van der Waals surface area contributed by atoms with Gasteiger partial charge in [0.15, 0.2) is 0 Å². The number of rotatable bonds is 7. The molecule has 0 amide bonds. The molecule has 0 aliphatic rings. The summed E-state index contributed by atoms with van der Waals surface area (Å²) in [5.41, 5.74) is 0. The van der Waals surface area contributed by atoms with Crippen molar-refractivity contribution in [3.8, 4) is 0 Å². The van der Waals surface area contributed by atoms with Gasteiger partial charge >= 0.3 is 0 Å². The van der Waals surface area contributed by atoms with Gasteiger partial charge in [-0.2, -0.15) is 8.42 Å². The molecule has 0 spiro atoms. The van der Waals surface area contributed by atoms with Gasteiger partial charge in [0.1, 0.15) is 0 Å². The summed E-state index contributed by atoms with van der Waals surface area (Å²) in [6, 6.07) is 0. The van der Waals surface area contributed by atoms with Gasteiger partial charge in [0.2, 0.25) is 0 Å². The fraction of sp³-hybridized carbons (Fsp3) is 1.00. The first-order chi connectivity index (χ1) is 5.56. The van der Waals surface area contributed by atoms with Gasteiger partial charge in [-0.15, -0.1) is 0 Å². The Bertz CT molecular complexity index is 188. The molecular weight excluding hydrogens is 216 g/mol. The van der Waals surface area contributed by atoms with Crippen LogP contribution in [0.25, 0.3) is 0 Å². The molecule has 0 heterocycles. The molecular formula is C6H14O3S3. The van der Waals surface area contributed by atoms with Crippen LogP contribution in [0.15, 0.2) is 0 Å². The molecule has 0 unspecified atom stereocenters. The Morgan fingerprint density at radius 3 is 2.50 bits per heavy atom. The molecule has 0 aliphatic carbocycles. The summed E-state index contributed by atoms with van der Waals surface area (Å²) in [6.07, 6.45) is 4.91. The van der Waals surface area contributed by atoms with Crippen molar-refractivity contribution in [1.29, 1.82) is 0 Å². The maximum absolute atomic E-state index is 10.5. The molecule has 0 aliphatic heterocycles. The topological polar surface area (TPSA) is 43.4 Å². The summed E-state index contributed by atoms with van der Waals surface area (Å²) in [5, 5.41) is 0. The van der Waals surface area contributed by atoms with E-state index in [1.807, 2.05) is 6.26 Å². The van der Waals surface area contributed by atoms with Gasteiger partial charge in [-0.05, 0) is 19.1 Å². The Hall–Kier alpha value is 0.610. The van der Waals surface area contributed by atoms with Crippen molar-refractivity contribution in [3.63, 3.8) is 0 Å². The highest BCUT2D eigenvalue weighted by Crippen LogP contribution is 2.17. The SMILES string of the molecule is CSSCCCCOS(C)(=O)=O. The molecule has 0 rings (SSSR count). The lowest BCUT2D eigenvalue weighted by Gasteiger charge is -1.99. The lowest BCUT2D eigenvalue weighted by molar-refractivity contribution is 0.315. The highest BCUT2D eigenvalue weighted by atomic mass is 33.1. The van der Waals surface area contributed by atoms with E-state index < -0.39 is 10.1 Å². The summed E-state index contributed by atoms with van der Waals surface area (Å²) in [4.78, 5) is 0. The first-order valence-electron chi connectivity index (χ1n) is 3.56. The smallest absolute Gasteiger partial charge is 0.264 e. The monoisotopic (exact) mass is 230 g/mol. The van der Waals surface area contributed by atoms with Gasteiger partial charge in [0, 0.05) is 5.75 Å². The zero-order valence-electron chi connectivity index (χ0n) is 7.28. The zero-order valence-corrected chi connectivity index (χ0v) is 9.73. The van der Waals surface area contributed by atoms with Gasteiger partial charge in [-0.1, -0.05) is 21.6 Å². The lowest BCUT2D eigenvalue weighted by Crippen LogP contribution is -2.04. The second-order valence-electron chi connectivity index (χ2n) is 2.22. The van der Waals surface area contributed by atoms with Crippen molar-refractivity contribution >= 4 is 31.7 Å². The molecule has 12 heavy (non-hydrogen) atoms. The zero-order chi connectivity index (χ0) is 9.45. The van der Waals surface area contributed by atoms with E-state index in [1.165, 1.54) is 0 Å². The summed E-state index contributed by atoms with van der Waals surface area (Å²) in [5.74, 6) is 1.05. The highest BCUT2D eigenvalue weighted by molar-refractivity contribution is 8.76. The predicted molar refractivity (Wildman–Crippen MR) is 56.0 cm³/mol. The van der Waals surface area contributed by atoms with Crippen molar-refractivity contribution in [2.45, 2.75) is 12.8 Å². The van der Waals surface area contributed by atoms with E-state index in [4.69, 9.17) is 0 Å². The minimum absolute atomic E-state index is 0.313. The third kappa shape index (κ3) is 10.6. The Labute approximate surface area is 82.2 Å². The van der Waals surface area contributed by atoms with Gasteiger partial charge < -0.3 is 0 Å². The van der Waals surface area contributed by atoms with Crippen LogP contribution in [0.5, 0.6) is 0 Å². The molecule has 0 saturated carbocycles. The molecule has 0 N–H and O–H groups in total. The molecule has 74 valence electrons. The summed E-state index contributed by atoms with van der Waals surface area (Å²) >= 11 is 0. The summed E-state index contributed by atoms with van der Waals surface area (Å²) < 4.78 is 25.5. The van der Waals surface area contributed by atoms with E-state index in [-0.39, 0.29) is 0 Å².